The van der Waals surface area contributed by atoms with Crippen LogP contribution in [-0.2, 0) is 4.74 Å². The first kappa shape index (κ1) is 13.7. The van der Waals surface area contributed by atoms with Crippen LogP contribution in [0.25, 0.3) is 11.8 Å². The Bertz CT molecular complexity index is 665. The number of hydrogen-bond donors (Lipinski definition) is 0. The van der Waals surface area contributed by atoms with Crippen LogP contribution >= 0.6 is 11.6 Å². The molecule has 1 aliphatic heterocycles. The van der Waals surface area contributed by atoms with Gasteiger partial charge in [-0.25, -0.2) is 4.79 Å². The van der Waals surface area contributed by atoms with Crippen LogP contribution in [0.4, 0.5) is 4.79 Å². The number of amides is 1. The Morgan fingerprint density at radius 3 is 2.43 bits per heavy atom. The van der Waals surface area contributed by atoms with Crippen molar-refractivity contribution in [3.63, 3.8) is 0 Å². The van der Waals surface area contributed by atoms with E-state index in [-0.39, 0.29) is 6.09 Å². The largest absolute Gasteiger partial charge is 0.447 e. The quantitative estimate of drug-likeness (QED) is 0.791. The van der Waals surface area contributed by atoms with Gasteiger partial charge in [-0.1, -0.05) is 54.1 Å². The first-order valence-electron chi connectivity index (χ1n) is 6.71. The van der Waals surface area contributed by atoms with Crippen LogP contribution in [-0.4, -0.2) is 24.1 Å². The van der Waals surface area contributed by atoms with E-state index in [9.17, 15) is 4.79 Å². The summed E-state index contributed by atoms with van der Waals surface area (Å²) in [5, 5.41) is 0.689. The van der Waals surface area contributed by atoms with Crippen LogP contribution in [0.5, 0.6) is 0 Å². The van der Waals surface area contributed by atoms with Crippen molar-refractivity contribution in [1.82, 2.24) is 4.90 Å². The molecule has 4 heteroatoms. The molecule has 0 radical (unpaired) electrons. The lowest BCUT2D eigenvalue weighted by atomic mass is 10.1. The number of ether oxygens (including phenoxy) is 1. The molecule has 21 heavy (non-hydrogen) atoms. The van der Waals surface area contributed by atoms with Crippen molar-refractivity contribution < 1.29 is 9.53 Å². The molecule has 1 fully saturated rings. The lowest BCUT2D eigenvalue weighted by molar-refractivity contribution is 0.167. The van der Waals surface area contributed by atoms with Gasteiger partial charge in [-0.2, -0.15) is 0 Å². The minimum Gasteiger partial charge on any atom is -0.447 e. The number of hydrogen-bond acceptors (Lipinski definition) is 2. The number of cyclic esters (lactones) is 1. The van der Waals surface area contributed by atoms with E-state index in [4.69, 9.17) is 16.3 Å². The Balaban J connectivity index is 2.03. The Kier molecular flexibility index (Phi) is 3.93. The summed E-state index contributed by atoms with van der Waals surface area (Å²) in [6.45, 7) is 0.983. The number of carbonyl (C=O) groups is 1. The molecule has 0 bridgehead atoms. The van der Waals surface area contributed by atoms with Gasteiger partial charge in [-0.05, 0) is 29.3 Å². The Labute approximate surface area is 128 Å². The SMILES string of the molecule is O=C1OCCN1/C(=C\c1ccc(Cl)cc1)c1ccccc1. The number of halogens is 1. The fourth-order valence-corrected chi connectivity index (χ4v) is 2.38. The third-order valence-corrected chi connectivity index (χ3v) is 3.55. The molecule has 1 amide bonds. The van der Waals surface area contributed by atoms with Crippen molar-refractivity contribution in [2.75, 3.05) is 13.2 Å². The Morgan fingerprint density at radius 2 is 1.81 bits per heavy atom. The highest BCUT2D eigenvalue weighted by molar-refractivity contribution is 6.30. The van der Waals surface area contributed by atoms with Gasteiger partial charge in [-0.3, -0.25) is 4.90 Å². The molecule has 1 saturated heterocycles. The number of benzene rings is 2. The second kappa shape index (κ2) is 6.02. The maximum atomic E-state index is 11.9. The lowest BCUT2D eigenvalue weighted by Gasteiger charge is -2.17. The van der Waals surface area contributed by atoms with Crippen molar-refractivity contribution >= 4 is 29.5 Å². The van der Waals surface area contributed by atoms with E-state index in [2.05, 4.69) is 0 Å². The van der Waals surface area contributed by atoms with E-state index in [1.54, 1.807) is 4.90 Å². The second-order valence-electron chi connectivity index (χ2n) is 4.71. The number of rotatable bonds is 3. The highest BCUT2D eigenvalue weighted by Gasteiger charge is 2.26. The van der Waals surface area contributed by atoms with Crippen molar-refractivity contribution in [3.8, 4) is 0 Å². The molecule has 0 aliphatic carbocycles. The summed E-state index contributed by atoms with van der Waals surface area (Å²) in [6.07, 6.45) is 1.66. The average Bonchev–Trinajstić information content (AvgIpc) is 2.93. The summed E-state index contributed by atoms with van der Waals surface area (Å²) in [5.74, 6) is 0. The number of carbonyl (C=O) groups excluding carboxylic acids is 1. The van der Waals surface area contributed by atoms with Crippen LogP contribution in [0.15, 0.2) is 54.6 Å². The molecule has 1 aliphatic rings. The maximum Gasteiger partial charge on any atom is 0.414 e. The van der Waals surface area contributed by atoms with Crippen molar-refractivity contribution in [3.05, 3.63) is 70.7 Å². The van der Waals surface area contributed by atoms with E-state index in [0.717, 1.165) is 16.8 Å². The third-order valence-electron chi connectivity index (χ3n) is 3.29. The predicted molar refractivity (Wildman–Crippen MR) is 83.8 cm³/mol. The molecule has 0 atom stereocenters. The predicted octanol–water partition coefficient (Wildman–Crippen LogP) is 4.29. The van der Waals surface area contributed by atoms with Crippen LogP contribution in [0.3, 0.4) is 0 Å². The van der Waals surface area contributed by atoms with Crippen molar-refractivity contribution in [1.29, 1.82) is 0 Å². The second-order valence-corrected chi connectivity index (χ2v) is 5.15. The normalized spacial score (nSPS) is 15.2. The van der Waals surface area contributed by atoms with Crippen LogP contribution in [0.2, 0.25) is 5.02 Å². The van der Waals surface area contributed by atoms with Gasteiger partial charge in [0.15, 0.2) is 0 Å². The van der Waals surface area contributed by atoms with Gasteiger partial charge < -0.3 is 4.74 Å². The monoisotopic (exact) mass is 299 g/mol. The first-order chi connectivity index (χ1) is 10.2. The zero-order chi connectivity index (χ0) is 14.7. The van der Waals surface area contributed by atoms with Crippen molar-refractivity contribution in [2.45, 2.75) is 0 Å². The Morgan fingerprint density at radius 1 is 1.10 bits per heavy atom. The Hall–Kier alpha value is -2.26. The van der Waals surface area contributed by atoms with Gasteiger partial charge in [0.25, 0.3) is 0 Å². The average molecular weight is 300 g/mol. The summed E-state index contributed by atoms with van der Waals surface area (Å²) in [6, 6.07) is 17.3. The molecular weight excluding hydrogens is 286 g/mol. The van der Waals surface area contributed by atoms with Gasteiger partial charge >= 0.3 is 6.09 Å². The van der Waals surface area contributed by atoms with Crippen LogP contribution in [0, 0.1) is 0 Å². The molecule has 0 saturated carbocycles. The lowest BCUT2D eigenvalue weighted by Crippen LogP contribution is -2.22. The fourth-order valence-electron chi connectivity index (χ4n) is 2.26. The highest BCUT2D eigenvalue weighted by Crippen LogP contribution is 2.25. The summed E-state index contributed by atoms with van der Waals surface area (Å²) in [4.78, 5) is 13.5. The molecule has 0 N–H and O–H groups in total. The summed E-state index contributed by atoms with van der Waals surface area (Å²) in [5.41, 5.74) is 2.80. The molecule has 106 valence electrons. The van der Waals surface area contributed by atoms with Crippen molar-refractivity contribution in [2.24, 2.45) is 0 Å². The van der Waals surface area contributed by atoms with Crippen LogP contribution in [0.1, 0.15) is 11.1 Å². The summed E-state index contributed by atoms with van der Waals surface area (Å²) < 4.78 is 5.05. The maximum absolute atomic E-state index is 11.9. The number of nitrogens with zero attached hydrogens (tertiary/aromatic N) is 1. The summed E-state index contributed by atoms with van der Waals surface area (Å²) >= 11 is 5.91. The van der Waals surface area contributed by atoms with Gasteiger partial charge in [0.1, 0.15) is 6.61 Å². The zero-order valence-corrected chi connectivity index (χ0v) is 12.1. The third kappa shape index (κ3) is 3.09. The van der Waals surface area contributed by atoms with E-state index in [0.29, 0.717) is 18.2 Å². The van der Waals surface area contributed by atoms with E-state index in [1.807, 2.05) is 60.7 Å². The molecular formula is C17H14ClNO2. The molecule has 0 spiro atoms. The van der Waals surface area contributed by atoms with E-state index >= 15 is 0 Å². The van der Waals surface area contributed by atoms with Gasteiger partial charge in [0.05, 0.1) is 12.2 Å². The van der Waals surface area contributed by atoms with Gasteiger partial charge in [-0.15, -0.1) is 0 Å². The van der Waals surface area contributed by atoms with E-state index < -0.39 is 0 Å². The molecule has 2 aromatic rings. The zero-order valence-electron chi connectivity index (χ0n) is 11.3. The fraction of sp³-hybridized carbons (Fsp3) is 0.118. The molecule has 0 aromatic heterocycles. The minimum absolute atomic E-state index is 0.306. The smallest absolute Gasteiger partial charge is 0.414 e. The van der Waals surface area contributed by atoms with E-state index in [1.165, 1.54) is 0 Å². The molecule has 3 rings (SSSR count). The summed E-state index contributed by atoms with van der Waals surface area (Å²) in [7, 11) is 0. The van der Waals surface area contributed by atoms with Crippen LogP contribution < -0.4 is 0 Å². The minimum atomic E-state index is -0.306. The standard InChI is InChI=1S/C17H14ClNO2/c18-15-8-6-13(7-9-15)12-16(14-4-2-1-3-5-14)19-10-11-21-17(19)20/h1-9,12H,10-11H2/b16-12-. The molecule has 3 nitrogen and oxygen atoms in total. The van der Waals surface area contributed by atoms with Gasteiger partial charge in [0, 0.05) is 5.02 Å². The molecule has 0 unspecified atom stereocenters. The molecule has 2 aromatic carbocycles. The van der Waals surface area contributed by atoms with Gasteiger partial charge in [0.2, 0.25) is 0 Å². The topological polar surface area (TPSA) is 29.5 Å². The highest BCUT2D eigenvalue weighted by atomic mass is 35.5. The molecule has 1 heterocycles. The first-order valence-corrected chi connectivity index (χ1v) is 7.09.